The third-order valence-electron chi connectivity index (χ3n) is 7.96. The Labute approximate surface area is 195 Å². The van der Waals surface area contributed by atoms with E-state index in [1.807, 2.05) is 43.0 Å². The highest BCUT2D eigenvalue weighted by molar-refractivity contribution is 5.96. The predicted octanol–water partition coefficient (Wildman–Crippen LogP) is 3.02. The van der Waals surface area contributed by atoms with Crippen LogP contribution in [-0.2, 0) is 5.41 Å². The van der Waals surface area contributed by atoms with Gasteiger partial charge in [-0.1, -0.05) is 30.3 Å². The number of benzene rings is 1. The summed E-state index contributed by atoms with van der Waals surface area (Å²) in [5, 5.41) is 9.37. The lowest BCUT2D eigenvalue weighted by Crippen LogP contribution is -2.61. The van der Waals surface area contributed by atoms with Crippen LogP contribution in [-0.4, -0.2) is 82.6 Å². The molecular formula is C26H32N4O3. The van der Waals surface area contributed by atoms with Gasteiger partial charge in [0.1, 0.15) is 0 Å². The summed E-state index contributed by atoms with van der Waals surface area (Å²) in [6.07, 6.45) is 1.88. The molecule has 3 fully saturated rings. The van der Waals surface area contributed by atoms with Crippen molar-refractivity contribution in [3.63, 3.8) is 0 Å². The summed E-state index contributed by atoms with van der Waals surface area (Å²) in [6.45, 7) is 9.62. The zero-order valence-electron chi connectivity index (χ0n) is 19.4. The zero-order valence-corrected chi connectivity index (χ0v) is 19.4. The first kappa shape index (κ1) is 21.9. The SMILES string of the molecule is Cc1ccnc(C)c1C(=O)N1CC2CN(CCC3(c4ccccc4)CN(C(=O)O)C3)CC2C1. The number of nitrogens with zero attached hydrogens (tertiary/aromatic N) is 4. The Morgan fingerprint density at radius 3 is 2.27 bits per heavy atom. The van der Waals surface area contributed by atoms with Crippen molar-refractivity contribution in [1.29, 1.82) is 0 Å². The van der Waals surface area contributed by atoms with Crippen LogP contribution in [0.5, 0.6) is 0 Å². The Hall–Kier alpha value is -2.93. The van der Waals surface area contributed by atoms with Crippen LogP contribution in [0, 0.1) is 25.7 Å². The normalized spacial score (nSPS) is 23.9. The van der Waals surface area contributed by atoms with Crippen LogP contribution in [0.1, 0.15) is 33.6 Å². The molecule has 0 radical (unpaired) electrons. The van der Waals surface area contributed by atoms with E-state index in [2.05, 4.69) is 22.0 Å². The Morgan fingerprint density at radius 1 is 1.00 bits per heavy atom. The van der Waals surface area contributed by atoms with E-state index >= 15 is 0 Å². The number of fused-ring (bicyclic) bond motifs is 1. The number of likely N-dealkylation sites (tertiary alicyclic amines) is 3. The Kier molecular flexibility index (Phi) is 5.60. The van der Waals surface area contributed by atoms with Crippen molar-refractivity contribution < 1.29 is 14.7 Å². The zero-order chi connectivity index (χ0) is 23.2. The molecule has 4 heterocycles. The largest absolute Gasteiger partial charge is 0.465 e. The lowest BCUT2D eigenvalue weighted by molar-refractivity contribution is 0.0491. The molecule has 0 spiro atoms. The maximum Gasteiger partial charge on any atom is 0.407 e. The second-order valence-electron chi connectivity index (χ2n) is 10.1. The third-order valence-corrected chi connectivity index (χ3v) is 7.96. The molecule has 1 aromatic carbocycles. The van der Waals surface area contributed by atoms with Crippen molar-refractivity contribution >= 4 is 12.0 Å². The molecule has 3 aliphatic heterocycles. The van der Waals surface area contributed by atoms with Gasteiger partial charge >= 0.3 is 6.09 Å². The monoisotopic (exact) mass is 448 g/mol. The highest BCUT2D eigenvalue weighted by Gasteiger charge is 2.48. The molecule has 2 aromatic rings. The first-order valence-electron chi connectivity index (χ1n) is 11.8. The Morgan fingerprint density at radius 2 is 1.67 bits per heavy atom. The second-order valence-corrected chi connectivity index (χ2v) is 10.1. The topological polar surface area (TPSA) is 77.0 Å². The van der Waals surface area contributed by atoms with Crippen LogP contribution in [0.4, 0.5) is 4.79 Å². The number of aryl methyl sites for hydroxylation is 2. The molecule has 0 bridgehead atoms. The average molecular weight is 449 g/mol. The quantitative estimate of drug-likeness (QED) is 0.761. The summed E-state index contributed by atoms with van der Waals surface area (Å²) in [4.78, 5) is 34.9. The van der Waals surface area contributed by atoms with Crippen LogP contribution >= 0.6 is 0 Å². The van der Waals surface area contributed by atoms with Gasteiger partial charge in [0.05, 0.1) is 11.3 Å². The first-order chi connectivity index (χ1) is 15.9. The molecule has 174 valence electrons. The maximum absolute atomic E-state index is 13.2. The van der Waals surface area contributed by atoms with Gasteiger partial charge in [0.2, 0.25) is 0 Å². The standard InChI is InChI=1S/C26H32N4O3/c1-18-8-10-27-19(2)23(18)24(31)29-14-20-12-28(13-21(20)15-29)11-9-26(16-30(17-26)25(32)33)22-6-4-3-5-7-22/h3-8,10,20-21H,9,11-17H2,1-2H3,(H,32,33). The number of hydrogen-bond donors (Lipinski definition) is 1. The lowest BCUT2D eigenvalue weighted by atomic mass is 9.71. The van der Waals surface area contributed by atoms with Gasteiger partial charge in [-0.05, 0) is 55.8 Å². The van der Waals surface area contributed by atoms with E-state index in [1.54, 1.807) is 6.20 Å². The molecule has 2 amide bonds. The molecule has 3 aliphatic rings. The minimum Gasteiger partial charge on any atom is -0.465 e. The molecule has 7 heteroatoms. The summed E-state index contributed by atoms with van der Waals surface area (Å²) >= 11 is 0. The Balaban J connectivity index is 1.19. The maximum atomic E-state index is 13.2. The van der Waals surface area contributed by atoms with E-state index in [9.17, 15) is 14.7 Å². The molecule has 1 N–H and O–H groups in total. The smallest absolute Gasteiger partial charge is 0.407 e. The van der Waals surface area contributed by atoms with Gasteiger partial charge in [-0.3, -0.25) is 9.78 Å². The van der Waals surface area contributed by atoms with Crippen molar-refractivity contribution in [3.05, 3.63) is 65.0 Å². The van der Waals surface area contributed by atoms with Gasteiger partial charge in [-0.2, -0.15) is 0 Å². The minimum absolute atomic E-state index is 0.0886. The predicted molar refractivity (Wildman–Crippen MR) is 125 cm³/mol. The van der Waals surface area contributed by atoms with Gasteiger partial charge in [0.15, 0.2) is 0 Å². The Bertz CT molecular complexity index is 1020. The third kappa shape index (κ3) is 3.99. The average Bonchev–Trinajstić information content (AvgIpc) is 3.32. The van der Waals surface area contributed by atoms with Crippen molar-refractivity contribution in [2.75, 3.05) is 45.8 Å². The number of pyridine rings is 1. The van der Waals surface area contributed by atoms with E-state index in [4.69, 9.17) is 0 Å². The summed E-state index contributed by atoms with van der Waals surface area (Å²) in [7, 11) is 0. The van der Waals surface area contributed by atoms with Crippen LogP contribution in [0.2, 0.25) is 0 Å². The highest BCUT2D eigenvalue weighted by atomic mass is 16.4. The van der Waals surface area contributed by atoms with Gasteiger partial charge in [0, 0.05) is 50.9 Å². The summed E-state index contributed by atoms with van der Waals surface area (Å²) in [6, 6.07) is 12.3. The van der Waals surface area contributed by atoms with Crippen molar-refractivity contribution in [2.24, 2.45) is 11.8 Å². The van der Waals surface area contributed by atoms with E-state index in [0.717, 1.165) is 56.0 Å². The van der Waals surface area contributed by atoms with Gasteiger partial charge in [-0.25, -0.2) is 4.79 Å². The van der Waals surface area contributed by atoms with E-state index in [1.165, 1.54) is 10.5 Å². The number of carboxylic acid groups (broad SMARTS) is 1. The molecule has 33 heavy (non-hydrogen) atoms. The number of hydrogen-bond acceptors (Lipinski definition) is 4. The number of aromatic nitrogens is 1. The summed E-state index contributed by atoms with van der Waals surface area (Å²) in [5.41, 5.74) is 3.71. The summed E-state index contributed by atoms with van der Waals surface area (Å²) in [5.74, 6) is 1.14. The fraction of sp³-hybridized carbons (Fsp3) is 0.500. The van der Waals surface area contributed by atoms with Crippen LogP contribution < -0.4 is 0 Å². The van der Waals surface area contributed by atoms with Crippen LogP contribution in [0.3, 0.4) is 0 Å². The molecule has 0 aliphatic carbocycles. The van der Waals surface area contributed by atoms with E-state index in [-0.39, 0.29) is 11.3 Å². The van der Waals surface area contributed by atoms with Gasteiger partial charge in [0.25, 0.3) is 5.91 Å². The minimum atomic E-state index is -0.832. The molecule has 2 unspecified atom stereocenters. The number of rotatable bonds is 5. The molecule has 1 aromatic heterocycles. The first-order valence-corrected chi connectivity index (χ1v) is 11.8. The van der Waals surface area contributed by atoms with Crippen LogP contribution in [0.25, 0.3) is 0 Å². The molecule has 5 rings (SSSR count). The van der Waals surface area contributed by atoms with Gasteiger partial charge in [-0.15, -0.1) is 0 Å². The van der Waals surface area contributed by atoms with Crippen molar-refractivity contribution in [2.45, 2.75) is 25.7 Å². The van der Waals surface area contributed by atoms with Crippen LogP contribution in [0.15, 0.2) is 42.6 Å². The lowest BCUT2D eigenvalue weighted by Gasteiger charge is -2.50. The number of carbonyl (C=O) groups is 2. The molecular weight excluding hydrogens is 416 g/mol. The molecule has 7 nitrogen and oxygen atoms in total. The van der Waals surface area contributed by atoms with E-state index < -0.39 is 6.09 Å². The molecule has 0 saturated carbocycles. The van der Waals surface area contributed by atoms with E-state index in [0.29, 0.717) is 24.9 Å². The number of amides is 2. The fourth-order valence-electron chi connectivity index (χ4n) is 6.08. The second kappa shape index (κ2) is 8.45. The summed E-state index contributed by atoms with van der Waals surface area (Å²) < 4.78 is 0. The molecule has 2 atom stereocenters. The number of carbonyl (C=O) groups excluding carboxylic acids is 1. The highest BCUT2D eigenvalue weighted by Crippen LogP contribution is 2.39. The van der Waals surface area contributed by atoms with Crippen molar-refractivity contribution in [3.8, 4) is 0 Å². The fourth-order valence-corrected chi connectivity index (χ4v) is 6.08. The van der Waals surface area contributed by atoms with Gasteiger partial charge < -0.3 is 19.8 Å². The van der Waals surface area contributed by atoms with Crippen molar-refractivity contribution in [1.82, 2.24) is 19.7 Å². The molecule has 3 saturated heterocycles.